The third kappa shape index (κ3) is 10.2. The average molecular weight is 521 g/mol. The Balaban J connectivity index is 3.25. The average Bonchev–Trinajstić information content (AvgIpc) is 2.65. The van der Waals surface area contributed by atoms with Gasteiger partial charge in [0.05, 0.1) is 6.61 Å². The van der Waals surface area contributed by atoms with Crippen LogP contribution in [-0.2, 0) is 42.8 Å². The van der Waals surface area contributed by atoms with Gasteiger partial charge in [-0.2, -0.15) is 0 Å². The normalized spacial score (nSPS) is 25.2. The summed E-state index contributed by atoms with van der Waals surface area (Å²) in [5.74, 6) is -2.13. The SMILES string of the molecule is C=CCO[C@@H]1O[C@H](COC(C)=O)[C@H](OC(C)=O)[C@H](OC(C)=O)[C@H]1NC(=O)OCC(Cl)(Cl)Cl. The van der Waals surface area contributed by atoms with Crippen LogP contribution in [0.25, 0.3) is 0 Å². The van der Waals surface area contributed by atoms with Gasteiger partial charge in [-0.15, -0.1) is 6.58 Å². The van der Waals surface area contributed by atoms with Crippen LogP contribution in [0.3, 0.4) is 0 Å². The van der Waals surface area contributed by atoms with E-state index in [0.29, 0.717) is 0 Å². The van der Waals surface area contributed by atoms with E-state index in [1.807, 2.05) is 0 Å². The fourth-order valence-corrected chi connectivity index (χ4v) is 2.85. The Morgan fingerprint density at radius 3 is 2.09 bits per heavy atom. The minimum Gasteiger partial charge on any atom is -0.463 e. The number of ether oxygens (including phenoxy) is 6. The highest BCUT2D eigenvalue weighted by molar-refractivity contribution is 6.67. The summed E-state index contributed by atoms with van der Waals surface area (Å²) >= 11 is 16.7. The van der Waals surface area contributed by atoms with E-state index in [2.05, 4.69) is 11.9 Å². The van der Waals surface area contributed by atoms with Gasteiger partial charge in [-0.05, 0) is 0 Å². The fourth-order valence-electron chi connectivity index (χ4n) is 2.69. The predicted molar refractivity (Wildman–Crippen MR) is 111 cm³/mol. The molecule has 32 heavy (non-hydrogen) atoms. The number of hydrogen-bond donors (Lipinski definition) is 1. The molecule has 1 N–H and O–H groups in total. The number of carbonyl (C=O) groups is 4. The molecule has 0 radical (unpaired) electrons. The maximum absolute atomic E-state index is 12.3. The molecular formula is C18H24Cl3NO10. The number of nitrogens with one attached hydrogen (secondary N) is 1. The van der Waals surface area contributed by atoms with Gasteiger partial charge in [0.2, 0.25) is 3.79 Å². The molecule has 0 saturated carbocycles. The number of amides is 1. The van der Waals surface area contributed by atoms with E-state index in [0.717, 1.165) is 13.8 Å². The van der Waals surface area contributed by atoms with Crippen molar-refractivity contribution in [2.24, 2.45) is 0 Å². The number of esters is 3. The summed E-state index contributed by atoms with van der Waals surface area (Å²) in [6.07, 6.45) is -4.61. The van der Waals surface area contributed by atoms with Gasteiger partial charge in [0.25, 0.3) is 0 Å². The molecule has 1 fully saturated rings. The van der Waals surface area contributed by atoms with E-state index in [1.165, 1.54) is 13.0 Å². The largest absolute Gasteiger partial charge is 0.463 e. The van der Waals surface area contributed by atoms with Crippen LogP contribution < -0.4 is 5.32 Å². The zero-order valence-corrected chi connectivity index (χ0v) is 19.8. The van der Waals surface area contributed by atoms with Crippen molar-refractivity contribution in [3.63, 3.8) is 0 Å². The first kappa shape index (κ1) is 28.2. The molecule has 0 aromatic rings. The molecule has 182 valence electrons. The van der Waals surface area contributed by atoms with Gasteiger partial charge in [0.1, 0.15) is 25.4 Å². The van der Waals surface area contributed by atoms with E-state index in [4.69, 9.17) is 63.2 Å². The number of alkyl carbamates (subject to hydrolysis) is 1. The minimum absolute atomic E-state index is 0.0304. The first-order valence-corrected chi connectivity index (χ1v) is 10.3. The van der Waals surface area contributed by atoms with E-state index in [-0.39, 0.29) is 13.2 Å². The van der Waals surface area contributed by atoms with Gasteiger partial charge in [-0.25, -0.2) is 4.79 Å². The van der Waals surface area contributed by atoms with Crippen LogP contribution in [0.5, 0.6) is 0 Å². The maximum atomic E-state index is 12.3. The Bertz CT molecular complexity index is 699. The minimum atomic E-state index is -1.87. The number of carbonyl (C=O) groups excluding carboxylic acids is 4. The molecule has 1 aliphatic heterocycles. The van der Waals surface area contributed by atoms with Gasteiger partial charge >= 0.3 is 24.0 Å². The molecule has 11 nitrogen and oxygen atoms in total. The molecular weight excluding hydrogens is 497 g/mol. The van der Waals surface area contributed by atoms with Crippen LogP contribution >= 0.6 is 34.8 Å². The Morgan fingerprint density at radius 1 is 1.00 bits per heavy atom. The van der Waals surface area contributed by atoms with Crippen LogP contribution in [0.1, 0.15) is 20.8 Å². The smallest absolute Gasteiger partial charge is 0.407 e. The second-order valence-electron chi connectivity index (χ2n) is 6.48. The summed E-state index contributed by atoms with van der Waals surface area (Å²) in [6, 6.07) is -1.24. The fraction of sp³-hybridized carbons (Fsp3) is 0.667. The Hall–Kier alpha value is -1.79. The Kier molecular flexibility index (Phi) is 11.5. The van der Waals surface area contributed by atoms with E-state index >= 15 is 0 Å². The van der Waals surface area contributed by atoms with Crippen molar-refractivity contribution in [1.82, 2.24) is 5.32 Å². The molecule has 1 rings (SSSR count). The number of hydrogen-bond acceptors (Lipinski definition) is 10. The van der Waals surface area contributed by atoms with E-state index in [9.17, 15) is 19.2 Å². The topological polar surface area (TPSA) is 136 Å². The van der Waals surface area contributed by atoms with Crippen LogP contribution in [0.15, 0.2) is 12.7 Å². The molecule has 0 bridgehead atoms. The molecule has 1 amide bonds. The lowest BCUT2D eigenvalue weighted by Crippen LogP contribution is -2.66. The number of alkyl halides is 3. The number of rotatable bonds is 9. The van der Waals surface area contributed by atoms with Crippen molar-refractivity contribution in [1.29, 1.82) is 0 Å². The number of halogens is 3. The van der Waals surface area contributed by atoms with Gasteiger partial charge in [-0.1, -0.05) is 40.9 Å². The summed E-state index contributed by atoms with van der Waals surface area (Å²) in [4.78, 5) is 47.0. The van der Waals surface area contributed by atoms with Gasteiger partial charge in [0.15, 0.2) is 18.5 Å². The lowest BCUT2D eigenvalue weighted by molar-refractivity contribution is -0.274. The molecule has 0 spiro atoms. The lowest BCUT2D eigenvalue weighted by Gasteiger charge is -2.44. The molecule has 1 heterocycles. The highest BCUT2D eigenvalue weighted by Crippen LogP contribution is 2.29. The monoisotopic (exact) mass is 519 g/mol. The van der Waals surface area contributed by atoms with Crippen LogP contribution in [0.4, 0.5) is 4.79 Å². The Labute approximate surface area is 199 Å². The molecule has 1 saturated heterocycles. The highest BCUT2D eigenvalue weighted by atomic mass is 35.6. The maximum Gasteiger partial charge on any atom is 0.407 e. The highest BCUT2D eigenvalue weighted by Gasteiger charge is 2.51. The summed E-state index contributed by atoms with van der Waals surface area (Å²) in [7, 11) is 0. The third-order valence-electron chi connectivity index (χ3n) is 3.73. The summed E-state index contributed by atoms with van der Waals surface area (Å²) < 4.78 is 29.8. The van der Waals surface area contributed by atoms with Gasteiger partial charge < -0.3 is 33.7 Å². The Morgan fingerprint density at radius 2 is 1.59 bits per heavy atom. The molecule has 0 unspecified atom stereocenters. The van der Waals surface area contributed by atoms with Crippen molar-refractivity contribution >= 4 is 58.8 Å². The second kappa shape index (κ2) is 13.0. The molecule has 5 atom stereocenters. The lowest BCUT2D eigenvalue weighted by atomic mass is 9.96. The van der Waals surface area contributed by atoms with Crippen molar-refractivity contribution in [2.45, 2.75) is 55.2 Å². The first-order chi connectivity index (χ1) is 14.8. The zero-order chi connectivity index (χ0) is 24.5. The second-order valence-corrected chi connectivity index (χ2v) is 8.99. The molecule has 1 aliphatic rings. The molecule has 0 aromatic carbocycles. The standard InChI is InChI=1S/C18H24Cl3NO10/c1-5-6-27-16-13(22-17(26)29-8-18(19,20)21)15(31-11(4)25)14(30-10(3)24)12(32-16)7-28-9(2)23/h5,12-16H,1,6-8H2,2-4H3,(H,22,26)/t12-,13-,14+,15-,16-/m1/s1. The van der Waals surface area contributed by atoms with Crippen LogP contribution in [0.2, 0.25) is 0 Å². The predicted octanol–water partition coefficient (Wildman–Crippen LogP) is 1.81. The van der Waals surface area contributed by atoms with Crippen LogP contribution in [-0.4, -0.2) is 78.3 Å². The van der Waals surface area contributed by atoms with Gasteiger partial charge in [-0.3, -0.25) is 14.4 Å². The van der Waals surface area contributed by atoms with E-state index < -0.39 is 65.0 Å². The summed E-state index contributed by atoms with van der Waals surface area (Å²) in [5, 5.41) is 2.40. The third-order valence-corrected chi connectivity index (χ3v) is 4.06. The van der Waals surface area contributed by atoms with Crippen molar-refractivity contribution in [3.05, 3.63) is 12.7 Å². The quantitative estimate of drug-likeness (QED) is 0.207. The summed E-state index contributed by atoms with van der Waals surface area (Å²) in [5.41, 5.74) is 0. The molecule has 14 heteroatoms. The molecule has 0 aromatic heterocycles. The van der Waals surface area contributed by atoms with E-state index in [1.54, 1.807) is 0 Å². The van der Waals surface area contributed by atoms with Crippen molar-refractivity contribution < 1.29 is 47.6 Å². The van der Waals surface area contributed by atoms with Crippen LogP contribution in [0, 0.1) is 0 Å². The van der Waals surface area contributed by atoms with Crippen molar-refractivity contribution in [3.8, 4) is 0 Å². The molecule has 0 aliphatic carbocycles. The van der Waals surface area contributed by atoms with Crippen molar-refractivity contribution in [2.75, 3.05) is 19.8 Å². The first-order valence-electron chi connectivity index (χ1n) is 9.19. The summed E-state index contributed by atoms with van der Waals surface area (Å²) in [6.45, 7) is 5.95. The van der Waals surface area contributed by atoms with Gasteiger partial charge in [0, 0.05) is 20.8 Å². The zero-order valence-electron chi connectivity index (χ0n) is 17.5.